The molecule has 2 nitrogen and oxygen atoms in total. The van der Waals surface area contributed by atoms with E-state index in [1.54, 1.807) is 5.38 Å². The Labute approximate surface area is 97.8 Å². The van der Waals surface area contributed by atoms with Crippen LogP contribution in [0.3, 0.4) is 0 Å². The van der Waals surface area contributed by atoms with Gasteiger partial charge < -0.3 is 0 Å². The van der Waals surface area contributed by atoms with Crippen LogP contribution in [0.15, 0.2) is 15.2 Å². The molecule has 3 N–H and O–H groups in total. The van der Waals surface area contributed by atoms with Crippen molar-refractivity contribution in [3.05, 3.63) is 20.8 Å². The fourth-order valence-corrected chi connectivity index (χ4v) is 2.80. The smallest absolute Gasteiger partial charge is 0.271 e. The minimum Gasteiger partial charge on any atom is -0.271 e. The molecule has 1 unspecified atom stereocenters. The molecule has 0 amide bonds. The second-order valence-electron chi connectivity index (χ2n) is 3.05. The summed E-state index contributed by atoms with van der Waals surface area (Å²) in [6, 6.07) is -0.466. The van der Waals surface area contributed by atoms with Crippen LogP contribution in [-0.2, 0) is 0 Å². The van der Waals surface area contributed by atoms with Gasteiger partial charge in [0.1, 0.15) is 0 Å². The summed E-state index contributed by atoms with van der Waals surface area (Å²) in [6.07, 6.45) is -5.04. The maximum absolute atomic E-state index is 12.0. The summed E-state index contributed by atoms with van der Waals surface area (Å²) in [5, 5.41) is 3.60. The second kappa shape index (κ2) is 5.29. The van der Waals surface area contributed by atoms with Crippen molar-refractivity contribution in [3.63, 3.8) is 0 Å². The molecule has 0 aromatic carbocycles. The molecule has 7 heteroatoms. The molecule has 0 saturated carbocycles. The van der Waals surface area contributed by atoms with Crippen molar-refractivity contribution >= 4 is 27.3 Å². The predicted octanol–water partition coefficient (Wildman–Crippen LogP) is 3.36. The molecule has 0 saturated heterocycles. The number of rotatable bonds is 4. The highest BCUT2D eigenvalue weighted by molar-refractivity contribution is 9.10. The van der Waals surface area contributed by atoms with Crippen LogP contribution >= 0.6 is 27.3 Å². The Kier molecular flexibility index (Phi) is 4.57. The van der Waals surface area contributed by atoms with E-state index in [4.69, 9.17) is 5.84 Å². The monoisotopic (exact) mass is 302 g/mol. The first-order valence-electron chi connectivity index (χ1n) is 4.18. The summed E-state index contributed by atoms with van der Waals surface area (Å²) in [4.78, 5) is 0. The molecular weight excluding hydrogens is 293 g/mol. The zero-order valence-corrected chi connectivity index (χ0v) is 10.0. The third kappa shape index (κ3) is 4.10. The van der Waals surface area contributed by atoms with Crippen molar-refractivity contribution in [1.29, 1.82) is 0 Å². The van der Waals surface area contributed by atoms with Gasteiger partial charge in [0, 0.05) is 22.3 Å². The van der Waals surface area contributed by atoms with Crippen LogP contribution in [-0.4, -0.2) is 6.18 Å². The van der Waals surface area contributed by atoms with E-state index in [2.05, 4.69) is 21.4 Å². The van der Waals surface area contributed by atoms with E-state index in [0.29, 0.717) is 0 Å². The lowest BCUT2D eigenvalue weighted by Gasteiger charge is -2.16. The van der Waals surface area contributed by atoms with E-state index in [1.807, 2.05) is 5.38 Å². The second-order valence-corrected chi connectivity index (χ2v) is 4.65. The van der Waals surface area contributed by atoms with Gasteiger partial charge >= 0.3 is 6.18 Å². The molecule has 0 bridgehead atoms. The number of hydrazine groups is 1. The fraction of sp³-hybridized carbons (Fsp3) is 0.500. The Morgan fingerprint density at radius 3 is 2.53 bits per heavy atom. The summed E-state index contributed by atoms with van der Waals surface area (Å²) >= 11 is 4.68. The summed E-state index contributed by atoms with van der Waals surface area (Å²) in [6.45, 7) is 0. The van der Waals surface area contributed by atoms with Gasteiger partial charge in [-0.2, -0.15) is 24.5 Å². The van der Waals surface area contributed by atoms with E-state index in [-0.39, 0.29) is 6.42 Å². The van der Waals surface area contributed by atoms with Gasteiger partial charge in [-0.25, -0.2) is 0 Å². The lowest BCUT2D eigenvalue weighted by molar-refractivity contribution is -0.136. The van der Waals surface area contributed by atoms with Gasteiger partial charge in [-0.05, 0) is 33.3 Å². The molecule has 0 aliphatic heterocycles. The highest BCUT2D eigenvalue weighted by Crippen LogP contribution is 2.32. The zero-order valence-electron chi connectivity index (χ0n) is 7.64. The Balaban J connectivity index is 2.61. The van der Waals surface area contributed by atoms with Crippen LogP contribution in [0.1, 0.15) is 24.4 Å². The van der Waals surface area contributed by atoms with Crippen molar-refractivity contribution in [2.24, 2.45) is 5.84 Å². The summed E-state index contributed by atoms with van der Waals surface area (Å²) in [7, 11) is 0. The molecule has 1 aromatic heterocycles. The topological polar surface area (TPSA) is 38.0 Å². The van der Waals surface area contributed by atoms with E-state index in [1.165, 1.54) is 11.3 Å². The Morgan fingerprint density at radius 2 is 2.13 bits per heavy atom. The first-order valence-corrected chi connectivity index (χ1v) is 5.92. The molecule has 0 radical (unpaired) electrons. The number of hydrogen-bond donors (Lipinski definition) is 2. The Bertz CT molecular complexity index is 313. The Morgan fingerprint density at radius 1 is 1.47 bits per heavy atom. The number of thiophene rings is 1. The lowest BCUT2D eigenvalue weighted by atomic mass is 10.1. The number of nitrogens with one attached hydrogen (secondary N) is 1. The summed E-state index contributed by atoms with van der Waals surface area (Å²) in [5.74, 6) is 5.23. The summed E-state index contributed by atoms with van der Waals surface area (Å²) in [5.41, 5.74) is 3.16. The first-order chi connectivity index (χ1) is 6.94. The van der Waals surface area contributed by atoms with Crippen molar-refractivity contribution in [1.82, 2.24) is 5.43 Å². The van der Waals surface area contributed by atoms with Crippen LogP contribution in [0.2, 0.25) is 0 Å². The molecule has 1 rings (SSSR count). The van der Waals surface area contributed by atoms with Crippen LogP contribution in [0.25, 0.3) is 0 Å². The van der Waals surface area contributed by atoms with Gasteiger partial charge in [-0.3, -0.25) is 11.3 Å². The number of hydrogen-bond acceptors (Lipinski definition) is 3. The predicted molar refractivity (Wildman–Crippen MR) is 57.4 cm³/mol. The van der Waals surface area contributed by atoms with Gasteiger partial charge in [0.15, 0.2) is 0 Å². The molecule has 0 aliphatic rings. The quantitative estimate of drug-likeness (QED) is 0.661. The Hall–Kier alpha value is -0.110. The molecule has 0 spiro atoms. The van der Waals surface area contributed by atoms with Gasteiger partial charge in [-0.1, -0.05) is 0 Å². The molecule has 0 fully saturated rings. The third-order valence-corrected chi connectivity index (χ3v) is 3.69. The van der Waals surface area contributed by atoms with Crippen molar-refractivity contribution < 1.29 is 13.2 Å². The van der Waals surface area contributed by atoms with Crippen molar-refractivity contribution in [3.8, 4) is 0 Å². The zero-order chi connectivity index (χ0) is 11.5. The van der Waals surface area contributed by atoms with E-state index in [0.717, 1.165) is 10.0 Å². The molecule has 15 heavy (non-hydrogen) atoms. The molecular formula is C8H10BrF3N2S. The molecule has 0 aliphatic carbocycles. The van der Waals surface area contributed by atoms with Crippen LogP contribution in [0.4, 0.5) is 13.2 Å². The van der Waals surface area contributed by atoms with Gasteiger partial charge in [-0.15, -0.1) is 0 Å². The average molecular weight is 303 g/mol. The van der Waals surface area contributed by atoms with E-state index >= 15 is 0 Å². The van der Waals surface area contributed by atoms with Crippen molar-refractivity contribution in [2.45, 2.75) is 25.1 Å². The first kappa shape index (κ1) is 13.0. The van der Waals surface area contributed by atoms with Gasteiger partial charge in [0.2, 0.25) is 0 Å². The molecule has 86 valence electrons. The van der Waals surface area contributed by atoms with Gasteiger partial charge in [0.05, 0.1) is 0 Å². The third-order valence-electron chi connectivity index (χ3n) is 1.94. The summed E-state index contributed by atoms with van der Waals surface area (Å²) < 4.78 is 36.8. The van der Waals surface area contributed by atoms with Gasteiger partial charge in [0.25, 0.3) is 0 Å². The van der Waals surface area contributed by atoms with Crippen LogP contribution in [0.5, 0.6) is 0 Å². The standard InChI is InChI=1S/C8H10BrF3N2S/c9-6-4-15-3-5(6)7(14-13)1-2-8(10,11)12/h3-4,7,14H,1-2,13H2. The minimum atomic E-state index is -4.14. The minimum absolute atomic E-state index is 0.0602. The maximum Gasteiger partial charge on any atom is 0.389 e. The molecule has 1 atom stereocenters. The highest BCUT2D eigenvalue weighted by Gasteiger charge is 2.29. The maximum atomic E-state index is 12.0. The van der Waals surface area contributed by atoms with Crippen molar-refractivity contribution in [2.75, 3.05) is 0 Å². The number of nitrogens with two attached hydrogens (primary N) is 1. The SMILES string of the molecule is NNC(CCC(F)(F)F)c1cscc1Br. The van der Waals surface area contributed by atoms with E-state index in [9.17, 15) is 13.2 Å². The fourth-order valence-electron chi connectivity index (χ4n) is 1.18. The van der Waals surface area contributed by atoms with Crippen LogP contribution in [0, 0.1) is 0 Å². The van der Waals surface area contributed by atoms with Crippen LogP contribution < -0.4 is 11.3 Å². The largest absolute Gasteiger partial charge is 0.389 e. The number of alkyl halides is 3. The normalized spacial score (nSPS) is 14.2. The average Bonchev–Trinajstić information content (AvgIpc) is 2.52. The number of halogens is 4. The van der Waals surface area contributed by atoms with E-state index < -0.39 is 18.6 Å². The highest BCUT2D eigenvalue weighted by atomic mass is 79.9. The lowest BCUT2D eigenvalue weighted by Crippen LogP contribution is -2.29. The molecule has 1 aromatic rings. The molecule has 1 heterocycles.